The Hall–Kier alpha value is -2.74. The molecule has 3 aromatic rings. The average Bonchev–Trinajstić information content (AvgIpc) is 2.97. The lowest BCUT2D eigenvalue weighted by atomic mass is 10.1. The number of benzene rings is 2. The number of rotatable bonds is 3. The van der Waals surface area contributed by atoms with E-state index in [1.54, 1.807) is 16.7 Å². The lowest BCUT2D eigenvalue weighted by molar-refractivity contribution is -0.137. The zero-order valence-electron chi connectivity index (χ0n) is 14.4. The second kappa shape index (κ2) is 6.77. The number of alkyl halides is 3. The normalized spacial score (nSPS) is 16.2. The van der Waals surface area contributed by atoms with Gasteiger partial charge in [-0.1, -0.05) is 18.2 Å². The fourth-order valence-electron chi connectivity index (χ4n) is 3.37. The van der Waals surface area contributed by atoms with E-state index in [0.29, 0.717) is 44.1 Å². The van der Waals surface area contributed by atoms with Crippen LogP contribution in [0.1, 0.15) is 5.56 Å². The molecule has 0 saturated carbocycles. The standard InChI is InChI=1S/C19H18F3N3O2/c20-19(21,22)14-4-3-5-15(12-14)24-10-8-23(9-11-24)13-25-16-6-1-2-7-17(16)27-18(25)26/h1-7,12H,8-11,13H2. The van der Waals surface area contributed by atoms with Gasteiger partial charge in [-0.05, 0) is 30.3 Å². The van der Waals surface area contributed by atoms with E-state index in [1.807, 2.05) is 23.1 Å². The zero-order chi connectivity index (χ0) is 19.0. The van der Waals surface area contributed by atoms with Gasteiger partial charge in [-0.15, -0.1) is 0 Å². The number of aromatic nitrogens is 1. The first kappa shape index (κ1) is 17.7. The van der Waals surface area contributed by atoms with Gasteiger partial charge in [0.1, 0.15) is 0 Å². The molecule has 1 saturated heterocycles. The molecule has 0 unspecified atom stereocenters. The Morgan fingerprint density at radius 1 is 0.963 bits per heavy atom. The molecule has 2 aromatic carbocycles. The largest absolute Gasteiger partial charge is 0.421 e. The van der Waals surface area contributed by atoms with Crippen LogP contribution in [-0.4, -0.2) is 35.6 Å². The van der Waals surface area contributed by atoms with Crippen LogP contribution in [0.5, 0.6) is 0 Å². The number of oxazole rings is 1. The molecule has 4 rings (SSSR count). The van der Waals surface area contributed by atoms with Gasteiger partial charge in [-0.2, -0.15) is 13.2 Å². The summed E-state index contributed by atoms with van der Waals surface area (Å²) >= 11 is 0. The highest BCUT2D eigenvalue weighted by Crippen LogP contribution is 2.31. The molecule has 1 fully saturated rings. The quantitative estimate of drug-likeness (QED) is 0.702. The maximum absolute atomic E-state index is 12.9. The topological polar surface area (TPSA) is 41.6 Å². The van der Waals surface area contributed by atoms with Crippen LogP contribution < -0.4 is 10.7 Å². The van der Waals surface area contributed by atoms with Gasteiger partial charge in [-0.3, -0.25) is 9.47 Å². The molecule has 0 N–H and O–H groups in total. The van der Waals surface area contributed by atoms with Gasteiger partial charge in [-0.25, -0.2) is 4.79 Å². The summed E-state index contributed by atoms with van der Waals surface area (Å²) in [7, 11) is 0. The molecule has 0 bridgehead atoms. The molecule has 2 heterocycles. The van der Waals surface area contributed by atoms with Gasteiger partial charge in [0.15, 0.2) is 5.58 Å². The van der Waals surface area contributed by atoms with Crippen molar-refractivity contribution in [3.8, 4) is 0 Å². The summed E-state index contributed by atoms with van der Waals surface area (Å²) < 4.78 is 45.5. The predicted octanol–water partition coefficient (Wildman–Crippen LogP) is 3.39. The highest BCUT2D eigenvalue weighted by Gasteiger charge is 2.31. The molecule has 0 spiro atoms. The SMILES string of the molecule is O=c1oc2ccccc2n1CN1CCN(c2cccc(C(F)(F)F)c2)CC1. The fraction of sp³-hybridized carbons (Fsp3) is 0.316. The van der Waals surface area contributed by atoms with Crippen LogP contribution in [0.4, 0.5) is 18.9 Å². The van der Waals surface area contributed by atoms with Gasteiger partial charge in [0.2, 0.25) is 0 Å². The lowest BCUT2D eigenvalue weighted by Crippen LogP contribution is -2.47. The van der Waals surface area contributed by atoms with Gasteiger partial charge in [0.05, 0.1) is 17.7 Å². The van der Waals surface area contributed by atoms with E-state index in [2.05, 4.69) is 4.90 Å². The second-order valence-electron chi connectivity index (χ2n) is 6.56. The molecule has 0 radical (unpaired) electrons. The Labute approximate surface area is 153 Å². The minimum Gasteiger partial charge on any atom is -0.408 e. The third kappa shape index (κ3) is 3.57. The Bertz CT molecular complexity index is 1000. The number of fused-ring (bicyclic) bond motifs is 1. The van der Waals surface area contributed by atoms with Crippen LogP contribution in [0.3, 0.4) is 0 Å². The molecule has 1 aliphatic rings. The summed E-state index contributed by atoms with van der Waals surface area (Å²) in [5.41, 5.74) is 1.21. The van der Waals surface area contributed by atoms with Crippen molar-refractivity contribution >= 4 is 16.8 Å². The van der Waals surface area contributed by atoms with E-state index >= 15 is 0 Å². The highest BCUT2D eigenvalue weighted by atomic mass is 19.4. The Kier molecular flexibility index (Phi) is 4.43. The predicted molar refractivity (Wildman–Crippen MR) is 95.7 cm³/mol. The van der Waals surface area contributed by atoms with Crippen molar-refractivity contribution in [3.05, 3.63) is 64.6 Å². The minimum atomic E-state index is -4.35. The first-order chi connectivity index (χ1) is 12.9. The van der Waals surface area contributed by atoms with Crippen molar-refractivity contribution in [2.24, 2.45) is 0 Å². The van der Waals surface area contributed by atoms with Crippen molar-refractivity contribution < 1.29 is 17.6 Å². The molecule has 1 aromatic heterocycles. The van der Waals surface area contributed by atoms with Gasteiger partial charge < -0.3 is 9.32 Å². The Morgan fingerprint density at radius 3 is 2.44 bits per heavy atom. The van der Waals surface area contributed by atoms with Crippen molar-refractivity contribution in [1.82, 2.24) is 9.47 Å². The van der Waals surface area contributed by atoms with Crippen molar-refractivity contribution in [2.75, 3.05) is 31.1 Å². The maximum atomic E-state index is 12.9. The van der Waals surface area contributed by atoms with Gasteiger partial charge in [0.25, 0.3) is 0 Å². The molecule has 27 heavy (non-hydrogen) atoms. The molecule has 0 amide bonds. The number of anilines is 1. The summed E-state index contributed by atoms with van der Waals surface area (Å²) in [6.45, 7) is 2.86. The molecule has 142 valence electrons. The summed E-state index contributed by atoms with van der Waals surface area (Å²) in [4.78, 5) is 16.1. The summed E-state index contributed by atoms with van der Waals surface area (Å²) in [5.74, 6) is -0.406. The molecule has 5 nitrogen and oxygen atoms in total. The van der Waals surface area contributed by atoms with Crippen LogP contribution in [-0.2, 0) is 12.8 Å². The van der Waals surface area contributed by atoms with Crippen LogP contribution in [0.2, 0.25) is 0 Å². The molecular formula is C19H18F3N3O2. The summed E-state index contributed by atoms with van der Waals surface area (Å²) in [5, 5.41) is 0. The number of hydrogen-bond acceptors (Lipinski definition) is 4. The summed E-state index contributed by atoms with van der Waals surface area (Å²) in [6.07, 6.45) is -4.35. The number of nitrogens with zero attached hydrogens (tertiary/aromatic N) is 3. The first-order valence-electron chi connectivity index (χ1n) is 8.65. The number of halogens is 3. The minimum absolute atomic E-state index is 0.395. The smallest absolute Gasteiger partial charge is 0.408 e. The molecule has 1 aliphatic heterocycles. The summed E-state index contributed by atoms with van der Waals surface area (Å²) in [6, 6.07) is 12.6. The fourth-order valence-corrected chi connectivity index (χ4v) is 3.37. The maximum Gasteiger partial charge on any atom is 0.421 e. The van der Waals surface area contributed by atoms with Crippen LogP contribution in [0.25, 0.3) is 11.1 Å². The van der Waals surface area contributed by atoms with Crippen LogP contribution in [0, 0.1) is 0 Å². The van der Waals surface area contributed by atoms with E-state index in [-0.39, 0.29) is 0 Å². The van der Waals surface area contributed by atoms with E-state index in [4.69, 9.17) is 4.42 Å². The Balaban J connectivity index is 1.45. The lowest BCUT2D eigenvalue weighted by Gasteiger charge is -2.36. The molecular weight excluding hydrogens is 359 g/mol. The second-order valence-corrected chi connectivity index (χ2v) is 6.56. The third-order valence-electron chi connectivity index (χ3n) is 4.83. The van der Waals surface area contributed by atoms with Crippen LogP contribution in [0.15, 0.2) is 57.7 Å². The zero-order valence-corrected chi connectivity index (χ0v) is 14.4. The van der Waals surface area contributed by atoms with E-state index < -0.39 is 17.5 Å². The van der Waals surface area contributed by atoms with Crippen LogP contribution >= 0.6 is 0 Å². The molecule has 0 aliphatic carbocycles. The Morgan fingerprint density at radius 2 is 1.70 bits per heavy atom. The average molecular weight is 377 g/mol. The third-order valence-corrected chi connectivity index (χ3v) is 4.83. The van der Waals surface area contributed by atoms with Gasteiger partial charge >= 0.3 is 11.9 Å². The van der Waals surface area contributed by atoms with Gasteiger partial charge in [0, 0.05) is 31.9 Å². The number of para-hydroxylation sites is 2. The van der Waals surface area contributed by atoms with Crippen molar-refractivity contribution in [2.45, 2.75) is 12.8 Å². The van der Waals surface area contributed by atoms with Crippen molar-refractivity contribution in [3.63, 3.8) is 0 Å². The number of piperazine rings is 1. The highest BCUT2D eigenvalue weighted by molar-refractivity contribution is 5.72. The molecule has 8 heteroatoms. The monoisotopic (exact) mass is 377 g/mol. The van der Waals surface area contributed by atoms with E-state index in [1.165, 1.54) is 12.1 Å². The molecule has 0 atom stereocenters. The number of hydrogen-bond donors (Lipinski definition) is 0. The first-order valence-corrected chi connectivity index (χ1v) is 8.65. The van der Waals surface area contributed by atoms with E-state index in [0.717, 1.165) is 11.6 Å². The van der Waals surface area contributed by atoms with Crippen molar-refractivity contribution in [1.29, 1.82) is 0 Å². The van der Waals surface area contributed by atoms with E-state index in [9.17, 15) is 18.0 Å².